The summed E-state index contributed by atoms with van der Waals surface area (Å²) in [4.78, 5) is 14.1. The molecular weight excluding hydrogens is 377 g/mol. The van der Waals surface area contributed by atoms with E-state index in [0.717, 1.165) is 4.47 Å². The maximum Gasteiger partial charge on any atom is 0.278 e. The number of benzene rings is 1. The van der Waals surface area contributed by atoms with E-state index in [2.05, 4.69) is 31.2 Å². The zero-order valence-corrected chi connectivity index (χ0v) is 14.3. The van der Waals surface area contributed by atoms with Crippen molar-refractivity contribution < 1.29 is 9.18 Å². The van der Waals surface area contributed by atoms with Crippen molar-refractivity contribution in [1.82, 2.24) is 20.0 Å². The number of aromatic nitrogens is 4. The zero-order valence-electron chi connectivity index (χ0n) is 12.7. The Balaban J connectivity index is 1.84. The SMILES string of the molecule is CCN(C(=O)c1ccc(-n2cc(Br)cn2)nn1)c1ccc(F)cc1. The van der Waals surface area contributed by atoms with E-state index < -0.39 is 0 Å². The molecule has 0 spiro atoms. The molecule has 0 aliphatic rings. The first-order valence-corrected chi connectivity index (χ1v) is 7.99. The highest BCUT2D eigenvalue weighted by Gasteiger charge is 2.18. The molecule has 0 aliphatic heterocycles. The van der Waals surface area contributed by atoms with Gasteiger partial charge in [0, 0.05) is 18.4 Å². The van der Waals surface area contributed by atoms with Crippen molar-refractivity contribution in [3.8, 4) is 5.82 Å². The molecule has 6 nitrogen and oxygen atoms in total. The van der Waals surface area contributed by atoms with Gasteiger partial charge in [-0.3, -0.25) is 4.79 Å². The molecule has 8 heteroatoms. The molecule has 0 aliphatic carbocycles. The van der Waals surface area contributed by atoms with E-state index in [-0.39, 0.29) is 17.4 Å². The number of carbonyl (C=O) groups excluding carboxylic acids is 1. The van der Waals surface area contributed by atoms with Crippen LogP contribution >= 0.6 is 15.9 Å². The molecule has 0 saturated heterocycles. The minimum Gasteiger partial charge on any atom is -0.307 e. The minimum absolute atomic E-state index is 0.205. The lowest BCUT2D eigenvalue weighted by molar-refractivity contribution is 0.0982. The second-order valence-electron chi connectivity index (χ2n) is 4.91. The largest absolute Gasteiger partial charge is 0.307 e. The van der Waals surface area contributed by atoms with Gasteiger partial charge in [0.1, 0.15) is 5.82 Å². The van der Waals surface area contributed by atoms with Gasteiger partial charge >= 0.3 is 0 Å². The van der Waals surface area contributed by atoms with Gasteiger partial charge in [-0.05, 0) is 59.3 Å². The molecule has 0 atom stereocenters. The maximum atomic E-state index is 13.0. The van der Waals surface area contributed by atoms with Crippen LogP contribution in [0.2, 0.25) is 0 Å². The zero-order chi connectivity index (χ0) is 17.1. The molecule has 3 rings (SSSR count). The summed E-state index contributed by atoms with van der Waals surface area (Å²) in [5.74, 6) is -0.149. The fourth-order valence-corrected chi connectivity index (χ4v) is 2.48. The van der Waals surface area contributed by atoms with Crippen LogP contribution in [0.1, 0.15) is 17.4 Å². The van der Waals surface area contributed by atoms with E-state index in [0.29, 0.717) is 18.1 Å². The molecule has 0 saturated carbocycles. The monoisotopic (exact) mass is 389 g/mol. The normalized spacial score (nSPS) is 10.6. The van der Waals surface area contributed by atoms with Gasteiger partial charge in [-0.2, -0.15) is 5.10 Å². The fourth-order valence-electron chi connectivity index (χ4n) is 2.19. The van der Waals surface area contributed by atoms with Crippen LogP contribution in [0.3, 0.4) is 0 Å². The molecule has 2 heterocycles. The molecule has 2 aromatic heterocycles. The van der Waals surface area contributed by atoms with Gasteiger partial charge < -0.3 is 4.90 Å². The number of amides is 1. The van der Waals surface area contributed by atoms with Gasteiger partial charge in [0.15, 0.2) is 11.5 Å². The van der Waals surface area contributed by atoms with Crippen LogP contribution in [-0.4, -0.2) is 32.4 Å². The second kappa shape index (κ2) is 6.88. The predicted octanol–water partition coefficient (Wildman–Crippen LogP) is 3.23. The van der Waals surface area contributed by atoms with Crippen LogP contribution in [0.25, 0.3) is 5.82 Å². The van der Waals surface area contributed by atoms with Crippen LogP contribution in [0.4, 0.5) is 10.1 Å². The first-order valence-electron chi connectivity index (χ1n) is 7.20. The van der Waals surface area contributed by atoms with Gasteiger partial charge in [-0.15, -0.1) is 10.2 Å². The van der Waals surface area contributed by atoms with Crippen LogP contribution in [0, 0.1) is 5.82 Å². The summed E-state index contributed by atoms with van der Waals surface area (Å²) in [7, 11) is 0. The summed E-state index contributed by atoms with van der Waals surface area (Å²) >= 11 is 3.31. The summed E-state index contributed by atoms with van der Waals surface area (Å²) < 4.78 is 15.4. The van der Waals surface area contributed by atoms with E-state index in [1.165, 1.54) is 17.0 Å². The lowest BCUT2D eigenvalue weighted by Gasteiger charge is -2.20. The number of hydrogen-bond donors (Lipinski definition) is 0. The fraction of sp³-hybridized carbons (Fsp3) is 0.125. The lowest BCUT2D eigenvalue weighted by atomic mass is 10.2. The van der Waals surface area contributed by atoms with Gasteiger partial charge in [-0.1, -0.05) is 0 Å². The van der Waals surface area contributed by atoms with Crippen molar-refractivity contribution >= 4 is 27.5 Å². The van der Waals surface area contributed by atoms with Crippen molar-refractivity contribution in [2.75, 3.05) is 11.4 Å². The van der Waals surface area contributed by atoms with E-state index in [4.69, 9.17) is 0 Å². The summed E-state index contributed by atoms with van der Waals surface area (Å²) in [6.45, 7) is 2.27. The molecule has 0 unspecified atom stereocenters. The first-order chi connectivity index (χ1) is 11.6. The van der Waals surface area contributed by atoms with E-state index in [1.54, 1.807) is 41.3 Å². The molecule has 0 bridgehead atoms. The Bertz CT molecular complexity index is 848. The minimum atomic E-state index is -0.350. The van der Waals surface area contributed by atoms with Crippen molar-refractivity contribution in [2.24, 2.45) is 0 Å². The number of anilines is 1. The Morgan fingerprint density at radius 2 is 1.96 bits per heavy atom. The number of hydrogen-bond acceptors (Lipinski definition) is 4. The van der Waals surface area contributed by atoms with Gasteiger partial charge in [-0.25, -0.2) is 9.07 Å². The predicted molar refractivity (Wildman–Crippen MR) is 90.6 cm³/mol. The molecule has 24 heavy (non-hydrogen) atoms. The Labute approximate surface area is 146 Å². The number of rotatable bonds is 4. The first kappa shape index (κ1) is 16.3. The highest BCUT2D eigenvalue weighted by atomic mass is 79.9. The van der Waals surface area contributed by atoms with Crippen molar-refractivity contribution in [1.29, 1.82) is 0 Å². The average molecular weight is 390 g/mol. The highest BCUT2D eigenvalue weighted by molar-refractivity contribution is 9.10. The van der Waals surface area contributed by atoms with E-state index in [9.17, 15) is 9.18 Å². The Morgan fingerprint density at radius 3 is 2.50 bits per heavy atom. The van der Waals surface area contributed by atoms with Gasteiger partial charge in [0.25, 0.3) is 5.91 Å². The van der Waals surface area contributed by atoms with Crippen molar-refractivity contribution in [3.63, 3.8) is 0 Å². The highest BCUT2D eigenvalue weighted by Crippen LogP contribution is 2.17. The number of halogens is 2. The molecule has 1 amide bonds. The average Bonchev–Trinajstić information content (AvgIpc) is 3.04. The molecule has 3 aromatic rings. The molecule has 1 aromatic carbocycles. The van der Waals surface area contributed by atoms with Crippen LogP contribution in [0.15, 0.2) is 53.3 Å². The van der Waals surface area contributed by atoms with Crippen LogP contribution in [-0.2, 0) is 0 Å². The molecule has 0 fully saturated rings. The standard InChI is InChI=1S/C16H13BrFN5O/c1-2-22(13-5-3-12(18)4-6-13)16(24)14-7-8-15(21-20-14)23-10-11(17)9-19-23/h3-10H,2H2,1H3. The second-order valence-corrected chi connectivity index (χ2v) is 5.82. The van der Waals surface area contributed by atoms with Crippen LogP contribution < -0.4 is 4.90 Å². The summed E-state index contributed by atoms with van der Waals surface area (Å²) in [6, 6.07) is 9.00. The molecule has 122 valence electrons. The van der Waals surface area contributed by atoms with Gasteiger partial charge in [0.2, 0.25) is 0 Å². The Morgan fingerprint density at radius 1 is 1.21 bits per heavy atom. The maximum absolute atomic E-state index is 13.0. The van der Waals surface area contributed by atoms with E-state index >= 15 is 0 Å². The van der Waals surface area contributed by atoms with Crippen molar-refractivity contribution in [2.45, 2.75) is 6.92 Å². The molecular formula is C16H13BrFN5O. The number of nitrogens with zero attached hydrogens (tertiary/aromatic N) is 5. The summed E-state index contributed by atoms with van der Waals surface area (Å²) in [5.41, 5.74) is 0.807. The summed E-state index contributed by atoms with van der Waals surface area (Å²) in [6.07, 6.45) is 3.37. The quantitative estimate of drug-likeness (QED) is 0.686. The topological polar surface area (TPSA) is 63.9 Å². The third kappa shape index (κ3) is 3.33. The number of carbonyl (C=O) groups is 1. The smallest absolute Gasteiger partial charge is 0.278 e. The molecule has 0 N–H and O–H groups in total. The van der Waals surface area contributed by atoms with Crippen LogP contribution in [0.5, 0.6) is 0 Å². The van der Waals surface area contributed by atoms with Gasteiger partial charge in [0.05, 0.1) is 10.7 Å². The third-order valence-corrected chi connectivity index (χ3v) is 3.76. The Hall–Kier alpha value is -2.61. The molecule has 0 radical (unpaired) electrons. The van der Waals surface area contributed by atoms with Crippen molar-refractivity contribution in [3.05, 3.63) is 64.8 Å². The summed E-state index contributed by atoms with van der Waals surface area (Å²) in [5, 5.41) is 12.1. The van der Waals surface area contributed by atoms with E-state index in [1.807, 2.05) is 6.92 Å². The third-order valence-electron chi connectivity index (χ3n) is 3.36. The Kier molecular flexibility index (Phi) is 4.66. The lowest BCUT2D eigenvalue weighted by Crippen LogP contribution is -2.31.